The minimum atomic E-state index is -0.577. The van der Waals surface area contributed by atoms with E-state index in [1.54, 1.807) is 6.08 Å². The summed E-state index contributed by atoms with van der Waals surface area (Å²) in [5.74, 6) is 0. The predicted molar refractivity (Wildman–Crippen MR) is 67.8 cm³/mol. The number of hydrogen-bond acceptors (Lipinski definition) is 2. The number of hydrogen-bond donors (Lipinski definition) is 3. The summed E-state index contributed by atoms with van der Waals surface area (Å²) in [4.78, 5) is 11.2. The molecular formula is C13H18N2O2. The van der Waals surface area contributed by atoms with Crippen LogP contribution in [0.3, 0.4) is 0 Å². The van der Waals surface area contributed by atoms with Crippen LogP contribution in [0.2, 0.25) is 0 Å². The van der Waals surface area contributed by atoms with E-state index in [2.05, 4.69) is 17.2 Å². The van der Waals surface area contributed by atoms with E-state index in [1.807, 2.05) is 30.3 Å². The lowest BCUT2D eigenvalue weighted by molar-refractivity contribution is 0.170. The highest BCUT2D eigenvalue weighted by Crippen LogP contribution is 2.02. The summed E-state index contributed by atoms with van der Waals surface area (Å²) in [6.45, 7) is 4.14. The second-order valence-corrected chi connectivity index (χ2v) is 3.72. The summed E-state index contributed by atoms with van der Waals surface area (Å²) >= 11 is 0. The number of nitrogens with one attached hydrogen (secondary N) is 2. The average molecular weight is 234 g/mol. The van der Waals surface area contributed by atoms with Gasteiger partial charge in [-0.3, -0.25) is 0 Å². The van der Waals surface area contributed by atoms with E-state index in [0.29, 0.717) is 13.0 Å². The van der Waals surface area contributed by atoms with Gasteiger partial charge < -0.3 is 15.7 Å². The Balaban J connectivity index is 2.23. The topological polar surface area (TPSA) is 61.4 Å². The molecule has 1 unspecified atom stereocenters. The lowest BCUT2D eigenvalue weighted by atomic mass is 10.1. The number of carbonyl (C=O) groups excluding carboxylic acids is 1. The Hall–Kier alpha value is -1.81. The Bertz CT molecular complexity index is 352. The molecule has 1 rings (SSSR count). The van der Waals surface area contributed by atoms with Crippen LogP contribution < -0.4 is 10.6 Å². The van der Waals surface area contributed by atoms with Gasteiger partial charge in [0.05, 0.1) is 6.10 Å². The van der Waals surface area contributed by atoms with Gasteiger partial charge >= 0.3 is 6.03 Å². The summed E-state index contributed by atoms with van der Waals surface area (Å²) in [5.41, 5.74) is 1.05. The first-order valence-corrected chi connectivity index (χ1v) is 5.57. The molecule has 4 heteroatoms. The van der Waals surface area contributed by atoms with Gasteiger partial charge in [-0.2, -0.15) is 0 Å². The van der Waals surface area contributed by atoms with E-state index in [4.69, 9.17) is 0 Å². The maximum Gasteiger partial charge on any atom is 0.315 e. The Morgan fingerprint density at radius 2 is 2.06 bits per heavy atom. The molecule has 1 atom stereocenters. The van der Waals surface area contributed by atoms with Gasteiger partial charge in [0.2, 0.25) is 0 Å². The molecule has 0 aliphatic heterocycles. The summed E-state index contributed by atoms with van der Waals surface area (Å²) in [6, 6.07) is 9.37. The smallest absolute Gasteiger partial charge is 0.315 e. The zero-order chi connectivity index (χ0) is 12.5. The van der Waals surface area contributed by atoms with Crippen LogP contribution >= 0.6 is 0 Å². The lowest BCUT2D eigenvalue weighted by Crippen LogP contribution is -2.40. The normalized spacial score (nSPS) is 11.6. The molecule has 17 heavy (non-hydrogen) atoms. The maximum atomic E-state index is 11.2. The number of amides is 2. The van der Waals surface area contributed by atoms with Crippen LogP contribution in [0.1, 0.15) is 5.56 Å². The largest absolute Gasteiger partial charge is 0.391 e. The van der Waals surface area contributed by atoms with Crippen LogP contribution in [0.5, 0.6) is 0 Å². The van der Waals surface area contributed by atoms with Crippen molar-refractivity contribution < 1.29 is 9.90 Å². The van der Waals surface area contributed by atoms with Crippen molar-refractivity contribution in [2.45, 2.75) is 12.5 Å². The molecule has 0 heterocycles. The van der Waals surface area contributed by atoms with Crippen molar-refractivity contribution in [1.82, 2.24) is 10.6 Å². The number of aliphatic hydroxyl groups excluding tert-OH is 1. The fourth-order valence-electron chi connectivity index (χ4n) is 1.40. The molecule has 1 aromatic rings. The molecule has 4 nitrogen and oxygen atoms in total. The van der Waals surface area contributed by atoms with Crippen molar-refractivity contribution in [1.29, 1.82) is 0 Å². The first-order valence-electron chi connectivity index (χ1n) is 5.57. The van der Waals surface area contributed by atoms with Crippen molar-refractivity contribution in [2.75, 3.05) is 13.1 Å². The van der Waals surface area contributed by atoms with Gasteiger partial charge in [0.25, 0.3) is 0 Å². The zero-order valence-electron chi connectivity index (χ0n) is 9.73. The van der Waals surface area contributed by atoms with E-state index in [1.165, 1.54) is 0 Å². The quantitative estimate of drug-likeness (QED) is 0.645. The molecule has 0 bridgehead atoms. The van der Waals surface area contributed by atoms with E-state index >= 15 is 0 Å². The van der Waals surface area contributed by atoms with Crippen molar-refractivity contribution in [3.8, 4) is 0 Å². The van der Waals surface area contributed by atoms with Gasteiger partial charge in [-0.25, -0.2) is 4.79 Å². The van der Waals surface area contributed by atoms with Crippen LogP contribution in [-0.2, 0) is 6.42 Å². The van der Waals surface area contributed by atoms with Crippen LogP contribution in [0, 0.1) is 0 Å². The fourth-order valence-corrected chi connectivity index (χ4v) is 1.40. The maximum absolute atomic E-state index is 11.2. The lowest BCUT2D eigenvalue weighted by Gasteiger charge is -2.12. The minimum Gasteiger partial charge on any atom is -0.391 e. The minimum absolute atomic E-state index is 0.234. The summed E-state index contributed by atoms with van der Waals surface area (Å²) in [6.07, 6.45) is 1.55. The monoisotopic (exact) mass is 234 g/mol. The van der Waals surface area contributed by atoms with Gasteiger partial charge in [0.1, 0.15) is 0 Å². The summed E-state index contributed by atoms with van der Waals surface area (Å²) < 4.78 is 0. The van der Waals surface area contributed by atoms with E-state index < -0.39 is 6.10 Å². The third-order valence-electron chi connectivity index (χ3n) is 2.22. The Morgan fingerprint density at radius 3 is 2.71 bits per heavy atom. The van der Waals surface area contributed by atoms with Crippen LogP contribution in [0.15, 0.2) is 43.0 Å². The van der Waals surface area contributed by atoms with Gasteiger partial charge in [-0.05, 0) is 5.56 Å². The molecule has 0 radical (unpaired) electrons. The predicted octanol–water partition coefficient (Wildman–Crippen LogP) is 1.08. The summed E-state index contributed by atoms with van der Waals surface area (Å²) in [5, 5.41) is 14.9. The van der Waals surface area contributed by atoms with Crippen molar-refractivity contribution in [3.63, 3.8) is 0 Å². The molecule has 0 saturated carbocycles. The number of carbonyl (C=O) groups is 1. The first-order chi connectivity index (χ1) is 8.22. The first kappa shape index (κ1) is 13.3. The second-order valence-electron chi connectivity index (χ2n) is 3.72. The van der Waals surface area contributed by atoms with Gasteiger partial charge in [-0.15, -0.1) is 6.58 Å². The van der Waals surface area contributed by atoms with Crippen molar-refractivity contribution in [3.05, 3.63) is 48.6 Å². The number of urea groups is 1. The molecule has 0 saturated heterocycles. The molecule has 0 aliphatic carbocycles. The van der Waals surface area contributed by atoms with Gasteiger partial charge in [0.15, 0.2) is 0 Å². The zero-order valence-corrected chi connectivity index (χ0v) is 9.73. The molecule has 0 fully saturated rings. The SMILES string of the molecule is C=CCNC(=O)NCC(O)Cc1ccccc1. The third kappa shape index (κ3) is 5.73. The average Bonchev–Trinajstić information content (AvgIpc) is 2.35. The third-order valence-corrected chi connectivity index (χ3v) is 2.22. The highest BCUT2D eigenvalue weighted by atomic mass is 16.3. The Kier molecular flexibility index (Phi) is 5.82. The number of rotatable bonds is 6. The molecule has 2 amide bonds. The van der Waals surface area contributed by atoms with Crippen LogP contribution in [0.4, 0.5) is 4.79 Å². The molecule has 0 aliphatic rings. The fraction of sp³-hybridized carbons (Fsp3) is 0.308. The highest BCUT2D eigenvalue weighted by Gasteiger charge is 2.06. The molecular weight excluding hydrogens is 216 g/mol. The Morgan fingerprint density at radius 1 is 1.35 bits per heavy atom. The van der Waals surface area contributed by atoms with E-state index in [0.717, 1.165) is 5.56 Å². The molecule has 92 valence electrons. The highest BCUT2D eigenvalue weighted by molar-refractivity contribution is 5.73. The van der Waals surface area contributed by atoms with Gasteiger partial charge in [0, 0.05) is 19.5 Å². The van der Waals surface area contributed by atoms with Crippen molar-refractivity contribution in [2.24, 2.45) is 0 Å². The Labute approximate surface area is 101 Å². The van der Waals surface area contributed by atoms with Gasteiger partial charge in [-0.1, -0.05) is 36.4 Å². The number of benzene rings is 1. The molecule has 0 aromatic heterocycles. The molecule has 1 aromatic carbocycles. The van der Waals surface area contributed by atoms with E-state index in [9.17, 15) is 9.90 Å². The standard InChI is InChI=1S/C13H18N2O2/c1-2-8-14-13(17)15-10-12(16)9-11-6-4-3-5-7-11/h2-7,12,16H,1,8-10H2,(H2,14,15,17). The van der Waals surface area contributed by atoms with Crippen LogP contribution in [-0.4, -0.2) is 30.3 Å². The summed E-state index contributed by atoms with van der Waals surface area (Å²) in [7, 11) is 0. The second kappa shape index (κ2) is 7.46. The number of aliphatic hydroxyl groups is 1. The molecule has 0 spiro atoms. The van der Waals surface area contributed by atoms with Crippen LogP contribution in [0.25, 0.3) is 0 Å². The van der Waals surface area contributed by atoms with Crippen molar-refractivity contribution >= 4 is 6.03 Å². The molecule has 3 N–H and O–H groups in total. The van der Waals surface area contributed by atoms with E-state index in [-0.39, 0.29) is 12.6 Å².